The van der Waals surface area contributed by atoms with E-state index in [1.165, 1.54) is 11.6 Å². The minimum absolute atomic E-state index is 0.386. The molecule has 160 valence electrons. The molecule has 0 fully saturated rings. The molecule has 3 aromatic carbocycles. The van der Waals surface area contributed by atoms with E-state index in [0.29, 0.717) is 36.2 Å². The van der Waals surface area contributed by atoms with Crippen LogP contribution in [0.15, 0.2) is 72.8 Å². The Hall–Kier alpha value is -3.73. The molecule has 3 rings (SSSR count). The van der Waals surface area contributed by atoms with Crippen LogP contribution in [0.3, 0.4) is 0 Å². The summed E-state index contributed by atoms with van der Waals surface area (Å²) in [5, 5.41) is 0. The number of esters is 1. The average Bonchev–Trinajstić information content (AvgIpc) is 2.79. The normalized spacial score (nSPS) is 10.7. The van der Waals surface area contributed by atoms with Crippen molar-refractivity contribution in [3.8, 4) is 23.0 Å². The van der Waals surface area contributed by atoms with Crippen LogP contribution < -0.4 is 18.9 Å². The molecule has 0 unspecified atom stereocenters. The maximum atomic E-state index is 12.2. The zero-order valence-corrected chi connectivity index (χ0v) is 18.0. The predicted molar refractivity (Wildman–Crippen MR) is 121 cm³/mol. The molecule has 0 aromatic heterocycles. The smallest absolute Gasteiger partial charge is 0.336 e. The highest BCUT2D eigenvalue weighted by Crippen LogP contribution is 2.30. The summed E-state index contributed by atoms with van der Waals surface area (Å²) in [6, 6.07) is 20.6. The van der Waals surface area contributed by atoms with Crippen molar-refractivity contribution in [3.63, 3.8) is 0 Å². The Labute approximate surface area is 182 Å². The van der Waals surface area contributed by atoms with E-state index in [1.54, 1.807) is 31.4 Å². The van der Waals surface area contributed by atoms with Gasteiger partial charge >= 0.3 is 5.97 Å². The van der Waals surface area contributed by atoms with E-state index in [2.05, 4.69) is 13.0 Å². The summed E-state index contributed by atoms with van der Waals surface area (Å²) < 4.78 is 22.3. The molecule has 0 saturated heterocycles. The van der Waals surface area contributed by atoms with Gasteiger partial charge in [0.05, 0.1) is 13.7 Å². The molecule has 0 aliphatic rings. The molecule has 0 heterocycles. The second-order valence-electron chi connectivity index (χ2n) is 6.76. The van der Waals surface area contributed by atoms with Crippen molar-refractivity contribution in [2.24, 2.45) is 0 Å². The van der Waals surface area contributed by atoms with Crippen LogP contribution in [0.4, 0.5) is 0 Å². The van der Waals surface area contributed by atoms with Crippen LogP contribution in [0, 0.1) is 6.92 Å². The number of carbonyl (C=O) groups is 1. The number of methoxy groups -OCH3 is 1. The molecular formula is C26H26O5. The maximum absolute atomic E-state index is 12.2. The summed E-state index contributed by atoms with van der Waals surface area (Å²) in [5.41, 5.74) is 3.07. The molecule has 31 heavy (non-hydrogen) atoms. The number of aryl methyl sites for hydroxylation is 1. The summed E-state index contributed by atoms with van der Waals surface area (Å²) in [6.45, 7) is 4.86. The molecule has 3 aromatic rings. The topological polar surface area (TPSA) is 54.0 Å². The Balaban J connectivity index is 1.66. The number of rotatable bonds is 9. The molecule has 0 atom stereocenters. The van der Waals surface area contributed by atoms with Gasteiger partial charge in [-0.15, -0.1) is 0 Å². The summed E-state index contributed by atoms with van der Waals surface area (Å²) in [4.78, 5) is 12.2. The van der Waals surface area contributed by atoms with Crippen molar-refractivity contribution in [2.75, 3.05) is 13.7 Å². The number of hydrogen-bond acceptors (Lipinski definition) is 5. The lowest BCUT2D eigenvalue weighted by Gasteiger charge is -2.12. The zero-order chi connectivity index (χ0) is 22.1. The summed E-state index contributed by atoms with van der Waals surface area (Å²) in [7, 11) is 1.59. The highest BCUT2D eigenvalue weighted by Gasteiger charge is 2.09. The van der Waals surface area contributed by atoms with Crippen LogP contribution in [0.2, 0.25) is 0 Å². The first-order chi connectivity index (χ1) is 15.1. The van der Waals surface area contributed by atoms with E-state index in [0.717, 1.165) is 11.1 Å². The first-order valence-electron chi connectivity index (χ1n) is 10.1. The lowest BCUT2D eigenvalue weighted by atomic mass is 10.1. The fourth-order valence-electron chi connectivity index (χ4n) is 2.95. The third-order valence-corrected chi connectivity index (χ3v) is 4.60. The number of para-hydroxylation sites is 2. The van der Waals surface area contributed by atoms with Gasteiger partial charge in [-0.2, -0.15) is 0 Å². The minimum atomic E-state index is -0.494. The average molecular weight is 418 g/mol. The van der Waals surface area contributed by atoms with Crippen molar-refractivity contribution >= 4 is 12.0 Å². The van der Waals surface area contributed by atoms with Gasteiger partial charge in [-0.25, -0.2) is 4.79 Å². The van der Waals surface area contributed by atoms with Gasteiger partial charge in [0.25, 0.3) is 0 Å². The van der Waals surface area contributed by atoms with Crippen molar-refractivity contribution in [1.82, 2.24) is 0 Å². The van der Waals surface area contributed by atoms with Gasteiger partial charge in [0, 0.05) is 6.08 Å². The Morgan fingerprint density at radius 3 is 2.32 bits per heavy atom. The lowest BCUT2D eigenvalue weighted by Crippen LogP contribution is -2.05. The molecule has 0 amide bonds. The first-order valence-corrected chi connectivity index (χ1v) is 10.1. The summed E-state index contributed by atoms with van der Waals surface area (Å²) in [6.07, 6.45) is 3.03. The fourth-order valence-corrected chi connectivity index (χ4v) is 2.95. The van der Waals surface area contributed by atoms with Gasteiger partial charge in [-0.3, -0.25) is 0 Å². The van der Waals surface area contributed by atoms with Gasteiger partial charge < -0.3 is 18.9 Å². The Kier molecular flexibility index (Phi) is 7.71. The Morgan fingerprint density at radius 1 is 0.871 bits per heavy atom. The van der Waals surface area contributed by atoms with Crippen LogP contribution >= 0.6 is 0 Å². The number of carbonyl (C=O) groups excluding carboxylic acids is 1. The van der Waals surface area contributed by atoms with E-state index >= 15 is 0 Å². The third-order valence-electron chi connectivity index (χ3n) is 4.60. The van der Waals surface area contributed by atoms with Gasteiger partial charge in [0.2, 0.25) is 0 Å². The molecule has 0 N–H and O–H groups in total. The quantitative estimate of drug-likeness (QED) is 0.257. The largest absolute Gasteiger partial charge is 0.493 e. The standard InChI is InChI=1S/C26H26O5/c1-4-29-22-11-7-8-12-24(22)31-26(27)16-14-20-13-15-23(25(17-20)28-3)30-18-21-10-6-5-9-19(21)2/h5-17H,4,18H2,1-3H3/b16-14+. The molecule has 0 bridgehead atoms. The van der Waals surface area contributed by atoms with E-state index in [9.17, 15) is 4.79 Å². The number of benzene rings is 3. The van der Waals surface area contributed by atoms with Crippen LogP contribution in [0.5, 0.6) is 23.0 Å². The Morgan fingerprint density at radius 2 is 1.58 bits per heavy atom. The van der Waals surface area contributed by atoms with Crippen molar-refractivity contribution in [2.45, 2.75) is 20.5 Å². The Bertz CT molecular complexity index is 1060. The molecule has 0 spiro atoms. The van der Waals surface area contributed by atoms with E-state index in [-0.39, 0.29) is 0 Å². The summed E-state index contributed by atoms with van der Waals surface area (Å²) in [5.74, 6) is 1.65. The first kappa shape index (κ1) is 22.0. The highest BCUT2D eigenvalue weighted by atomic mass is 16.6. The number of ether oxygens (including phenoxy) is 4. The van der Waals surface area contributed by atoms with Gasteiger partial charge in [0.1, 0.15) is 6.61 Å². The van der Waals surface area contributed by atoms with E-state index < -0.39 is 5.97 Å². The molecule has 0 aliphatic carbocycles. The van der Waals surface area contributed by atoms with Crippen LogP contribution in [0.25, 0.3) is 6.08 Å². The molecular weight excluding hydrogens is 392 g/mol. The number of hydrogen-bond donors (Lipinski definition) is 0. The van der Waals surface area contributed by atoms with Crippen LogP contribution in [0.1, 0.15) is 23.6 Å². The van der Waals surface area contributed by atoms with Crippen molar-refractivity contribution in [3.05, 3.63) is 89.5 Å². The van der Waals surface area contributed by atoms with Gasteiger partial charge in [0.15, 0.2) is 23.0 Å². The highest BCUT2D eigenvalue weighted by molar-refractivity contribution is 5.89. The fraction of sp³-hybridized carbons (Fsp3) is 0.192. The predicted octanol–water partition coefficient (Wildman–Crippen LogP) is 5.60. The van der Waals surface area contributed by atoms with Gasteiger partial charge in [-0.1, -0.05) is 42.5 Å². The monoisotopic (exact) mass is 418 g/mol. The molecule has 0 radical (unpaired) electrons. The van der Waals surface area contributed by atoms with Crippen molar-refractivity contribution in [1.29, 1.82) is 0 Å². The van der Waals surface area contributed by atoms with Crippen LogP contribution in [-0.2, 0) is 11.4 Å². The SMILES string of the molecule is CCOc1ccccc1OC(=O)/C=C/c1ccc(OCc2ccccc2C)c(OC)c1. The molecule has 0 saturated carbocycles. The van der Waals surface area contributed by atoms with Crippen LogP contribution in [-0.4, -0.2) is 19.7 Å². The lowest BCUT2D eigenvalue weighted by molar-refractivity contribution is -0.129. The summed E-state index contributed by atoms with van der Waals surface area (Å²) >= 11 is 0. The van der Waals surface area contributed by atoms with E-state index in [1.807, 2.05) is 49.4 Å². The zero-order valence-electron chi connectivity index (χ0n) is 18.0. The van der Waals surface area contributed by atoms with E-state index in [4.69, 9.17) is 18.9 Å². The third kappa shape index (κ3) is 6.12. The second-order valence-corrected chi connectivity index (χ2v) is 6.76. The second kappa shape index (κ2) is 10.9. The maximum Gasteiger partial charge on any atom is 0.336 e. The van der Waals surface area contributed by atoms with Gasteiger partial charge in [-0.05, 0) is 60.9 Å². The minimum Gasteiger partial charge on any atom is -0.493 e. The van der Waals surface area contributed by atoms with Crippen molar-refractivity contribution < 1.29 is 23.7 Å². The molecule has 5 heteroatoms. The molecule has 0 aliphatic heterocycles. The molecule has 5 nitrogen and oxygen atoms in total.